The van der Waals surface area contributed by atoms with Gasteiger partial charge in [0.05, 0.1) is 0 Å². The Balaban J connectivity index is 1.66. The molecule has 3 aromatic rings. The minimum absolute atomic E-state index is 0.177. The number of nitrogens with two attached hydrogens (primary N) is 1. The third-order valence-electron chi connectivity index (χ3n) is 4.01. The van der Waals surface area contributed by atoms with Gasteiger partial charge in [-0.2, -0.15) is 0 Å². The minimum Gasteiger partial charge on any atom is -0.487 e. The number of hydrogen-bond donors (Lipinski definition) is 1. The normalized spacial score (nSPS) is 14.3. The molecule has 0 saturated heterocycles. The Morgan fingerprint density at radius 1 is 0.905 bits per heavy atom. The van der Waals surface area contributed by atoms with E-state index >= 15 is 0 Å². The molecule has 4 rings (SSSR count). The molecule has 0 fully saturated rings. The molecule has 3 nitrogen and oxygen atoms in total. The maximum absolute atomic E-state index is 6.21. The van der Waals surface area contributed by atoms with Crippen LogP contribution in [0, 0.1) is 0 Å². The molecule has 2 aromatic carbocycles. The van der Waals surface area contributed by atoms with Crippen LogP contribution in [0.4, 0.5) is 5.82 Å². The van der Waals surface area contributed by atoms with E-state index in [1.54, 1.807) is 0 Å². The SMILES string of the molecule is Nc1ccc2cccc(OC3Cc4ccccc4C3)c2n1. The van der Waals surface area contributed by atoms with Crippen LogP contribution < -0.4 is 10.5 Å². The average molecular weight is 276 g/mol. The van der Waals surface area contributed by atoms with Crippen molar-refractivity contribution in [1.82, 2.24) is 4.98 Å². The molecule has 104 valence electrons. The lowest BCUT2D eigenvalue weighted by Gasteiger charge is -2.14. The number of nitrogen functional groups attached to an aromatic ring is 1. The third kappa shape index (κ3) is 2.21. The number of rotatable bonds is 2. The lowest BCUT2D eigenvalue weighted by Crippen LogP contribution is -2.16. The Labute approximate surface area is 123 Å². The molecule has 0 unspecified atom stereocenters. The number of aromatic nitrogens is 1. The van der Waals surface area contributed by atoms with Gasteiger partial charge < -0.3 is 10.5 Å². The van der Waals surface area contributed by atoms with Crippen molar-refractivity contribution < 1.29 is 4.74 Å². The molecule has 0 spiro atoms. The summed E-state index contributed by atoms with van der Waals surface area (Å²) >= 11 is 0. The summed E-state index contributed by atoms with van der Waals surface area (Å²) in [6.07, 6.45) is 2.08. The molecule has 0 bridgehead atoms. The Hall–Kier alpha value is -2.55. The standard InChI is InChI=1S/C18H16N2O/c19-17-9-8-12-6-3-7-16(18(12)20-17)21-15-10-13-4-1-2-5-14(13)11-15/h1-9,15H,10-11H2,(H2,19,20). The van der Waals surface area contributed by atoms with E-state index < -0.39 is 0 Å². The lowest BCUT2D eigenvalue weighted by molar-refractivity contribution is 0.216. The fourth-order valence-corrected chi connectivity index (χ4v) is 3.01. The van der Waals surface area contributed by atoms with Gasteiger partial charge in [0.1, 0.15) is 23.2 Å². The topological polar surface area (TPSA) is 48.1 Å². The van der Waals surface area contributed by atoms with Crippen molar-refractivity contribution in [2.75, 3.05) is 5.73 Å². The van der Waals surface area contributed by atoms with Crippen molar-refractivity contribution in [3.05, 3.63) is 65.7 Å². The highest BCUT2D eigenvalue weighted by atomic mass is 16.5. The Morgan fingerprint density at radius 2 is 1.67 bits per heavy atom. The van der Waals surface area contributed by atoms with Gasteiger partial charge in [0.25, 0.3) is 0 Å². The van der Waals surface area contributed by atoms with Crippen LogP contribution >= 0.6 is 0 Å². The van der Waals surface area contributed by atoms with Gasteiger partial charge in [0.2, 0.25) is 0 Å². The summed E-state index contributed by atoms with van der Waals surface area (Å²) in [5.74, 6) is 1.34. The maximum Gasteiger partial charge on any atom is 0.146 e. The zero-order valence-corrected chi connectivity index (χ0v) is 11.6. The molecule has 0 amide bonds. The summed E-state index contributed by atoms with van der Waals surface area (Å²) in [5, 5.41) is 1.05. The molecule has 3 heteroatoms. The van der Waals surface area contributed by atoms with Gasteiger partial charge in [0.15, 0.2) is 0 Å². The number of benzene rings is 2. The Kier molecular flexibility index (Phi) is 2.78. The first-order chi connectivity index (χ1) is 10.3. The molecule has 1 aromatic heterocycles. The second-order valence-electron chi connectivity index (χ2n) is 5.48. The Bertz CT molecular complexity index is 788. The zero-order valence-electron chi connectivity index (χ0n) is 11.6. The van der Waals surface area contributed by atoms with Gasteiger partial charge in [-0.05, 0) is 29.3 Å². The van der Waals surface area contributed by atoms with E-state index in [-0.39, 0.29) is 6.10 Å². The largest absolute Gasteiger partial charge is 0.487 e. The van der Waals surface area contributed by atoms with Crippen molar-refractivity contribution in [2.24, 2.45) is 0 Å². The average Bonchev–Trinajstić information content (AvgIpc) is 2.90. The number of pyridine rings is 1. The highest BCUT2D eigenvalue weighted by Crippen LogP contribution is 2.29. The first-order valence-corrected chi connectivity index (χ1v) is 7.18. The summed E-state index contributed by atoms with van der Waals surface area (Å²) in [6.45, 7) is 0. The fraction of sp³-hybridized carbons (Fsp3) is 0.167. The number of fused-ring (bicyclic) bond motifs is 2. The van der Waals surface area contributed by atoms with Gasteiger partial charge in [-0.3, -0.25) is 0 Å². The molecule has 0 atom stereocenters. The van der Waals surface area contributed by atoms with Gasteiger partial charge in [-0.15, -0.1) is 0 Å². The van der Waals surface area contributed by atoms with Crippen molar-refractivity contribution in [3.63, 3.8) is 0 Å². The minimum atomic E-state index is 0.177. The predicted molar refractivity (Wildman–Crippen MR) is 84.4 cm³/mol. The highest BCUT2D eigenvalue weighted by molar-refractivity contribution is 5.85. The summed E-state index contributed by atoms with van der Waals surface area (Å²) < 4.78 is 6.21. The molecule has 2 N–H and O–H groups in total. The van der Waals surface area contributed by atoms with Crippen molar-refractivity contribution in [3.8, 4) is 5.75 Å². The summed E-state index contributed by atoms with van der Waals surface area (Å²) in [5.41, 5.74) is 9.41. The van der Waals surface area contributed by atoms with Gasteiger partial charge in [-0.1, -0.05) is 36.4 Å². The second-order valence-corrected chi connectivity index (χ2v) is 5.48. The highest BCUT2D eigenvalue weighted by Gasteiger charge is 2.23. The zero-order chi connectivity index (χ0) is 14.2. The van der Waals surface area contributed by atoms with Crippen LogP contribution in [0.5, 0.6) is 5.75 Å². The third-order valence-corrected chi connectivity index (χ3v) is 4.01. The van der Waals surface area contributed by atoms with Crippen molar-refractivity contribution >= 4 is 16.7 Å². The van der Waals surface area contributed by atoms with Crippen LogP contribution in [0.15, 0.2) is 54.6 Å². The fourth-order valence-electron chi connectivity index (χ4n) is 3.01. The van der Waals surface area contributed by atoms with E-state index in [9.17, 15) is 0 Å². The quantitative estimate of drug-likeness (QED) is 0.780. The van der Waals surface area contributed by atoms with E-state index in [4.69, 9.17) is 10.5 Å². The van der Waals surface area contributed by atoms with Crippen LogP contribution in [0.2, 0.25) is 0 Å². The molecular formula is C18H16N2O. The predicted octanol–water partition coefficient (Wildman–Crippen LogP) is 3.36. The van der Waals surface area contributed by atoms with Crippen molar-refractivity contribution in [1.29, 1.82) is 0 Å². The van der Waals surface area contributed by atoms with E-state index in [2.05, 4.69) is 29.2 Å². The number of para-hydroxylation sites is 1. The van der Waals surface area contributed by atoms with Crippen LogP contribution in [0.1, 0.15) is 11.1 Å². The van der Waals surface area contributed by atoms with Gasteiger partial charge >= 0.3 is 0 Å². The van der Waals surface area contributed by atoms with Gasteiger partial charge in [-0.25, -0.2) is 4.98 Å². The molecule has 0 radical (unpaired) electrons. The first kappa shape index (κ1) is 12.2. The van der Waals surface area contributed by atoms with E-state index in [1.807, 2.05) is 30.3 Å². The number of hydrogen-bond acceptors (Lipinski definition) is 3. The van der Waals surface area contributed by atoms with Crippen LogP contribution in [0.3, 0.4) is 0 Å². The second kappa shape index (κ2) is 4.77. The van der Waals surface area contributed by atoms with E-state index in [0.29, 0.717) is 5.82 Å². The van der Waals surface area contributed by atoms with E-state index in [0.717, 1.165) is 29.5 Å². The molecule has 0 aliphatic heterocycles. The summed E-state index contributed by atoms with van der Waals surface area (Å²) in [6, 6.07) is 18.3. The number of nitrogens with zero attached hydrogens (tertiary/aromatic N) is 1. The maximum atomic E-state index is 6.21. The van der Waals surface area contributed by atoms with Gasteiger partial charge in [0, 0.05) is 18.2 Å². The number of ether oxygens (including phenoxy) is 1. The molecule has 1 aliphatic carbocycles. The molecule has 0 saturated carbocycles. The summed E-state index contributed by atoms with van der Waals surface area (Å²) in [4.78, 5) is 4.42. The Morgan fingerprint density at radius 3 is 2.43 bits per heavy atom. The summed E-state index contributed by atoms with van der Waals surface area (Å²) in [7, 11) is 0. The van der Waals surface area contributed by atoms with E-state index in [1.165, 1.54) is 11.1 Å². The van der Waals surface area contributed by atoms with Crippen LogP contribution in [-0.2, 0) is 12.8 Å². The molecule has 1 aliphatic rings. The first-order valence-electron chi connectivity index (χ1n) is 7.18. The smallest absolute Gasteiger partial charge is 0.146 e. The van der Waals surface area contributed by atoms with Crippen molar-refractivity contribution in [2.45, 2.75) is 18.9 Å². The lowest BCUT2D eigenvalue weighted by atomic mass is 10.1. The number of anilines is 1. The molecule has 1 heterocycles. The monoisotopic (exact) mass is 276 g/mol. The van der Waals surface area contributed by atoms with Crippen LogP contribution in [-0.4, -0.2) is 11.1 Å². The van der Waals surface area contributed by atoms with Crippen LogP contribution in [0.25, 0.3) is 10.9 Å². The molecule has 21 heavy (non-hydrogen) atoms. The molecular weight excluding hydrogens is 260 g/mol.